The van der Waals surface area contributed by atoms with Crippen molar-refractivity contribution in [1.82, 2.24) is 15.2 Å². The highest BCUT2D eigenvalue weighted by Gasteiger charge is 2.46. The van der Waals surface area contributed by atoms with Gasteiger partial charge in [0.15, 0.2) is 5.82 Å². The minimum atomic E-state index is -0.702. The van der Waals surface area contributed by atoms with E-state index in [2.05, 4.69) is 10.3 Å². The molecule has 1 N–H and O–H groups in total. The van der Waals surface area contributed by atoms with E-state index in [0.29, 0.717) is 18.0 Å². The summed E-state index contributed by atoms with van der Waals surface area (Å²) in [5.74, 6) is -0.0229. The van der Waals surface area contributed by atoms with Gasteiger partial charge in [-0.25, -0.2) is 9.37 Å². The Balaban J connectivity index is 1.93. The molecule has 6 heteroatoms. The van der Waals surface area contributed by atoms with Gasteiger partial charge in [0.2, 0.25) is 5.91 Å². The number of nitrogens with zero attached hydrogens (tertiary/aromatic N) is 2. The van der Waals surface area contributed by atoms with E-state index in [9.17, 15) is 9.18 Å². The Hall–Kier alpha value is -1.69. The molecule has 1 amide bonds. The summed E-state index contributed by atoms with van der Waals surface area (Å²) in [5, 5.41) is 3.27. The van der Waals surface area contributed by atoms with E-state index in [1.54, 1.807) is 11.0 Å². The zero-order chi connectivity index (χ0) is 16.6. The lowest BCUT2D eigenvalue weighted by atomic mass is 10.0. The fraction of sp³-hybridized carbons (Fsp3) is 0.647. The van der Waals surface area contributed by atoms with E-state index in [1.807, 2.05) is 13.8 Å². The molecule has 1 aliphatic heterocycles. The Morgan fingerprint density at radius 3 is 2.78 bits per heavy atom. The van der Waals surface area contributed by atoms with Gasteiger partial charge in [0.25, 0.3) is 5.88 Å². The van der Waals surface area contributed by atoms with Gasteiger partial charge in [-0.2, -0.15) is 0 Å². The highest BCUT2D eigenvalue weighted by molar-refractivity contribution is 5.88. The Kier molecular flexibility index (Phi) is 4.27. The molecule has 0 aromatic carbocycles. The smallest absolute Gasteiger partial charge is 0.250 e. The predicted molar refractivity (Wildman–Crippen MR) is 84.4 cm³/mol. The molecule has 1 unspecified atom stereocenters. The van der Waals surface area contributed by atoms with Gasteiger partial charge in [0.05, 0.1) is 12.6 Å². The summed E-state index contributed by atoms with van der Waals surface area (Å²) in [6.07, 6.45) is 5.74. The Labute approximate surface area is 136 Å². The van der Waals surface area contributed by atoms with E-state index < -0.39 is 17.5 Å². The number of carbonyl (C=O) groups excluding carboxylic acids is 1. The lowest BCUT2D eigenvalue weighted by Gasteiger charge is -2.27. The van der Waals surface area contributed by atoms with Gasteiger partial charge in [-0.05, 0) is 38.7 Å². The van der Waals surface area contributed by atoms with E-state index in [0.717, 1.165) is 12.8 Å². The van der Waals surface area contributed by atoms with Gasteiger partial charge in [-0.15, -0.1) is 0 Å². The number of carbonyl (C=O) groups is 1. The maximum atomic E-state index is 14.6. The molecule has 1 aromatic rings. The Morgan fingerprint density at radius 2 is 2.13 bits per heavy atom. The fourth-order valence-electron chi connectivity index (χ4n) is 3.65. The van der Waals surface area contributed by atoms with Crippen molar-refractivity contribution in [1.29, 1.82) is 0 Å². The van der Waals surface area contributed by atoms with Crippen molar-refractivity contribution in [3.8, 4) is 5.88 Å². The number of ether oxygens (including phenoxy) is 1. The second-order valence-electron chi connectivity index (χ2n) is 7.00. The Bertz CT molecular complexity index is 600. The van der Waals surface area contributed by atoms with Crippen LogP contribution in [-0.2, 0) is 4.79 Å². The molecule has 1 aromatic heterocycles. The van der Waals surface area contributed by atoms with Crippen molar-refractivity contribution < 1.29 is 13.9 Å². The standard InChI is InChI=1S/C17H24FN3O2/c1-17(2)16(22)21(10-11-6-4-5-7-11)14(20-17)12-8-9-19-15(23-3)13(12)18/h8-9,11,14,20H,4-7,10H2,1-3H3. The van der Waals surface area contributed by atoms with Crippen molar-refractivity contribution >= 4 is 5.91 Å². The summed E-state index contributed by atoms with van der Waals surface area (Å²) in [4.78, 5) is 18.4. The molecule has 0 radical (unpaired) electrons. The summed E-state index contributed by atoms with van der Waals surface area (Å²) >= 11 is 0. The van der Waals surface area contributed by atoms with Crippen LogP contribution in [0.3, 0.4) is 0 Å². The molecule has 1 saturated heterocycles. The molecule has 1 saturated carbocycles. The van der Waals surface area contributed by atoms with Crippen LogP contribution < -0.4 is 10.1 Å². The lowest BCUT2D eigenvalue weighted by molar-refractivity contribution is -0.133. The summed E-state index contributed by atoms with van der Waals surface area (Å²) in [7, 11) is 1.39. The number of methoxy groups -OCH3 is 1. The Morgan fingerprint density at radius 1 is 1.43 bits per heavy atom. The highest BCUT2D eigenvalue weighted by Crippen LogP contribution is 2.36. The van der Waals surface area contributed by atoms with Crippen molar-refractivity contribution in [2.24, 2.45) is 5.92 Å². The van der Waals surface area contributed by atoms with Crippen LogP contribution in [0, 0.1) is 11.7 Å². The van der Waals surface area contributed by atoms with Crippen LogP contribution in [0.1, 0.15) is 51.3 Å². The van der Waals surface area contributed by atoms with E-state index in [4.69, 9.17) is 4.74 Å². The molecule has 126 valence electrons. The molecule has 2 fully saturated rings. The molecule has 23 heavy (non-hydrogen) atoms. The molecule has 3 rings (SSSR count). The van der Waals surface area contributed by atoms with Gasteiger partial charge >= 0.3 is 0 Å². The number of halogens is 1. The van der Waals surface area contributed by atoms with Gasteiger partial charge in [-0.3, -0.25) is 10.1 Å². The molecule has 1 aliphatic carbocycles. The number of hydrogen-bond donors (Lipinski definition) is 1. The third-order valence-electron chi connectivity index (χ3n) is 4.91. The molecule has 0 bridgehead atoms. The molecular weight excluding hydrogens is 297 g/mol. The first-order valence-corrected chi connectivity index (χ1v) is 8.21. The summed E-state index contributed by atoms with van der Waals surface area (Å²) in [5.41, 5.74) is -0.291. The number of pyridine rings is 1. The molecule has 1 atom stereocenters. The average Bonchev–Trinajstić information content (AvgIpc) is 3.10. The van der Waals surface area contributed by atoms with Crippen LogP contribution in [0.15, 0.2) is 12.3 Å². The normalized spacial score (nSPS) is 24.4. The largest absolute Gasteiger partial charge is 0.479 e. The summed E-state index contributed by atoms with van der Waals surface area (Å²) < 4.78 is 19.6. The SMILES string of the molecule is COc1nccc(C2NC(C)(C)C(=O)N2CC2CCCC2)c1F. The predicted octanol–water partition coefficient (Wildman–Crippen LogP) is 2.63. The second-order valence-corrected chi connectivity index (χ2v) is 7.00. The van der Waals surface area contributed by atoms with Crippen LogP contribution in [0.25, 0.3) is 0 Å². The first kappa shape index (κ1) is 16.2. The van der Waals surface area contributed by atoms with Crippen LogP contribution in [0.2, 0.25) is 0 Å². The number of hydrogen-bond acceptors (Lipinski definition) is 4. The summed E-state index contributed by atoms with van der Waals surface area (Å²) in [6, 6.07) is 1.62. The van der Waals surface area contributed by atoms with Gasteiger partial charge in [0, 0.05) is 18.3 Å². The molecule has 2 heterocycles. The topological polar surface area (TPSA) is 54.5 Å². The van der Waals surface area contributed by atoms with Crippen molar-refractivity contribution in [2.45, 2.75) is 51.2 Å². The van der Waals surface area contributed by atoms with Gasteiger partial charge in [0.1, 0.15) is 6.17 Å². The average molecular weight is 321 g/mol. The van der Waals surface area contributed by atoms with Crippen molar-refractivity contribution in [3.05, 3.63) is 23.6 Å². The number of rotatable bonds is 4. The summed E-state index contributed by atoms with van der Waals surface area (Å²) in [6.45, 7) is 4.35. The van der Waals surface area contributed by atoms with Crippen LogP contribution in [0.5, 0.6) is 5.88 Å². The number of nitrogens with one attached hydrogen (secondary N) is 1. The number of amides is 1. The minimum Gasteiger partial charge on any atom is -0.479 e. The van der Waals surface area contributed by atoms with Gasteiger partial charge in [-0.1, -0.05) is 12.8 Å². The van der Waals surface area contributed by atoms with E-state index >= 15 is 0 Å². The van der Waals surface area contributed by atoms with Crippen molar-refractivity contribution in [3.63, 3.8) is 0 Å². The molecule has 2 aliphatic rings. The number of aromatic nitrogens is 1. The first-order chi connectivity index (χ1) is 10.9. The van der Waals surface area contributed by atoms with Crippen LogP contribution >= 0.6 is 0 Å². The third kappa shape index (κ3) is 2.92. The first-order valence-electron chi connectivity index (χ1n) is 8.21. The molecular formula is C17H24FN3O2. The van der Waals surface area contributed by atoms with Crippen LogP contribution in [0.4, 0.5) is 4.39 Å². The van der Waals surface area contributed by atoms with Gasteiger partial charge < -0.3 is 9.64 Å². The van der Waals surface area contributed by atoms with Crippen LogP contribution in [-0.4, -0.2) is 35.0 Å². The fourth-order valence-corrected chi connectivity index (χ4v) is 3.65. The molecule has 0 spiro atoms. The van der Waals surface area contributed by atoms with E-state index in [-0.39, 0.29) is 11.8 Å². The zero-order valence-electron chi connectivity index (χ0n) is 13.9. The second kappa shape index (κ2) is 6.07. The van der Waals surface area contributed by atoms with Crippen molar-refractivity contribution in [2.75, 3.05) is 13.7 Å². The third-order valence-corrected chi connectivity index (χ3v) is 4.91. The maximum absolute atomic E-state index is 14.6. The minimum absolute atomic E-state index is 0.0181. The zero-order valence-corrected chi connectivity index (χ0v) is 13.9. The van der Waals surface area contributed by atoms with E-state index in [1.165, 1.54) is 26.1 Å². The highest BCUT2D eigenvalue weighted by atomic mass is 19.1. The lowest BCUT2D eigenvalue weighted by Crippen LogP contribution is -2.40. The monoisotopic (exact) mass is 321 g/mol. The molecule has 5 nitrogen and oxygen atoms in total. The maximum Gasteiger partial charge on any atom is 0.250 e. The quantitative estimate of drug-likeness (QED) is 0.926.